The maximum absolute atomic E-state index is 5.63. The summed E-state index contributed by atoms with van der Waals surface area (Å²) in [7, 11) is 0. The van der Waals surface area contributed by atoms with Gasteiger partial charge in [0.2, 0.25) is 5.89 Å². The molecule has 1 aromatic rings. The van der Waals surface area contributed by atoms with E-state index in [0.717, 1.165) is 43.3 Å². The highest BCUT2D eigenvalue weighted by atomic mass is 32.2. The molecule has 0 bridgehead atoms. The van der Waals surface area contributed by atoms with Gasteiger partial charge in [-0.3, -0.25) is 0 Å². The van der Waals surface area contributed by atoms with Gasteiger partial charge in [0.05, 0.1) is 5.75 Å². The zero-order valence-corrected chi connectivity index (χ0v) is 11.8. The SMILES string of the molecule is CSCc1noc(CCC(CCN)C(C)C)n1. The van der Waals surface area contributed by atoms with Crippen LogP contribution in [0.25, 0.3) is 0 Å². The molecule has 0 aliphatic carbocycles. The Kier molecular flexibility index (Phi) is 6.58. The molecule has 0 saturated heterocycles. The molecule has 1 aromatic heterocycles. The van der Waals surface area contributed by atoms with Gasteiger partial charge in [-0.25, -0.2) is 0 Å². The number of nitrogens with zero attached hydrogens (tertiary/aromatic N) is 2. The minimum absolute atomic E-state index is 0.649. The van der Waals surface area contributed by atoms with Crippen LogP contribution in [0.15, 0.2) is 4.52 Å². The Hall–Kier alpha value is -0.550. The third-order valence-corrected chi connectivity index (χ3v) is 3.54. The maximum Gasteiger partial charge on any atom is 0.226 e. The Morgan fingerprint density at radius 2 is 2.12 bits per heavy atom. The predicted molar refractivity (Wildman–Crippen MR) is 71.8 cm³/mol. The molecule has 0 spiro atoms. The minimum atomic E-state index is 0.649. The highest BCUT2D eigenvalue weighted by Crippen LogP contribution is 2.20. The second kappa shape index (κ2) is 7.71. The van der Waals surface area contributed by atoms with E-state index in [4.69, 9.17) is 10.3 Å². The van der Waals surface area contributed by atoms with E-state index in [1.165, 1.54) is 0 Å². The molecule has 5 heteroatoms. The number of nitrogens with two attached hydrogens (primary N) is 1. The van der Waals surface area contributed by atoms with Crippen molar-refractivity contribution < 1.29 is 4.52 Å². The molecule has 0 fully saturated rings. The molecule has 0 aliphatic rings. The van der Waals surface area contributed by atoms with Gasteiger partial charge >= 0.3 is 0 Å². The number of aryl methyl sites for hydroxylation is 1. The molecular formula is C12H23N3OS. The Morgan fingerprint density at radius 1 is 1.35 bits per heavy atom. The molecule has 1 atom stereocenters. The lowest BCUT2D eigenvalue weighted by Gasteiger charge is -2.18. The van der Waals surface area contributed by atoms with Crippen LogP contribution in [-0.2, 0) is 12.2 Å². The Morgan fingerprint density at radius 3 is 2.71 bits per heavy atom. The van der Waals surface area contributed by atoms with Gasteiger partial charge < -0.3 is 10.3 Å². The minimum Gasteiger partial charge on any atom is -0.339 e. The van der Waals surface area contributed by atoms with Crippen molar-refractivity contribution in [1.29, 1.82) is 0 Å². The van der Waals surface area contributed by atoms with Gasteiger partial charge in [-0.1, -0.05) is 19.0 Å². The summed E-state index contributed by atoms with van der Waals surface area (Å²) in [5.41, 5.74) is 5.63. The van der Waals surface area contributed by atoms with Crippen LogP contribution in [0.5, 0.6) is 0 Å². The average molecular weight is 257 g/mol. The van der Waals surface area contributed by atoms with E-state index < -0.39 is 0 Å². The van der Waals surface area contributed by atoms with Crippen molar-refractivity contribution in [2.24, 2.45) is 17.6 Å². The van der Waals surface area contributed by atoms with E-state index >= 15 is 0 Å². The molecule has 1 unspecified atom stereocenters. The van der Waals surface area contributed by atoms with Crippen molar-refractivity contribution in [3.8, 4) is 0 Å². The molecule has 1 rings (SSSR count). The van der Waals surface area contributed by atoms with Gasteiger partial charge in [-0.05, 0) is 37.5 Å². The van der Waals surface area contributed by atoms with Crippen LogP contribution in [0.2, 0.25) is 0 Å². The largest absolute Gasteiger partial charge is 0.339 e. The fourth-order valence-electron chi connectivity index (χ4n) is 1.91. The van der Waals surface area contributed by atoms with E-state index in [2.05, 4.69) is 24.0 Å². The molecule has 0 saturated carbocycles. The highest BCUT2D eigenvalue weighted by molar-refractivity contribution is 7.97. The van der Waals surface area contributed by atoms with Gasteiger partial charge in [0, 0.05) is 6.42 Å². The third kappa shape index (κ3) is 5.08. The molecule has 4 nitrogen and oxygen atoms in total. The van der Waals surface area contributed by atoms with Crippen LogP contribution in [0, 0.1) is 11.8 Å². The van der Waals surface area contributed by atoms with Gasteiger partial charge in [-0.15, -0.1) is 0 Å². The molecule has 0 aliphatic heterocycles. The van der Waals surface area contributed by atoms with Crippen LogP contribution in [0.4, 0.5) is 0 Å². The molecule has 2 N–H and O–H groups in total. The number of aromatic nitrogens is 2. The second-order valence-corrected chi connectivity index (χ2v) is 5.52. The lowest BCUT2D eigenvalue weighted by Crippen LogP contribution is -2.15. The number of hydrogen-bond donors (Lipinski definition) is 1. The first-order valence-corrected chi connectivity index (χ1v) is 7.57. The summed E-state index contributed by atoms with van der Waals surface area (Å²) in [6.45, 7) is 5.24. The molecule has 0 amide bonds. The fourth-order valence-corrected chi connectivity index (χ4v) is 2.29. The van der Waals surface area contributed by atoms with E-state index in [1.807, 2.05) is 6.26 Å². The lowest BCUT2D eigenvalue weighted by molar-refractivity contribution is 0.313. The van der Waals surface area contributed by atoms with E-state index in [1.54, 1.807) is 11.8 Å². The Balaban J connectivity index is 2.41. The fraction of sp³-hybridized carbons (Fsp3) is 0.833. The van der Waals surface area contributed by atoms with Crippen LogP contribution < -0.4 is 5.73 Å². The second-order valence-electron chi connectivity index (χ2n) is 4.66. The van der Waals surface area contributed by atoms with E-state index in [0.29, 0.717) is 11.8 Å². The number of rotatable bonds is 8. The van der Waals surface area contributed by atoms with Gasteiger partial charge in [-0.2, -0.15) is 16.7 Å². The Labute approximate surface area is 108 Å². The summed E-state index contributed by atoms with van der Waals surface area (Å²) in [6, 6.07) is 0. The smallest absolute Gasteiger partial charge is 0.226 e. The summed E-state index contributed by atoms with van der Waals surface area (Å²) >= 11 is 1.70. The number of hydrogen-bond acceptors (Lipinski definition) is 5. The van der Waals surface area contributed by atoms with E-state index in [-0.39, 0.29) is 0 Å². The standard InChI is InChI=1S/C12H23N3OS/c1-9(2)10(6-7-13)4-5-12-14-11(8-17-3)15-16-12/h9-10H,4-8,13H2,1-3H3. The predicted octanol–water partition coefficient (Wildman–Crippen LogP) is 2.49. The van der Waals surface area contributed by atoms with Crippen LogP contribution in [-0.4, -0.2) is 22.9 Å². The van der Waals surface area contributed by atoms with E-state index in [9.17, 15) is 0 Å². The summed E-state index contributed by atoms with van der Waals surface area (Å²) < 4.78 is 5.22. The molecule has 1 heterocycles. The first-order chi connectivity index (χ1) is 8.17. The lowest BCUT2D eigenvalue weighted by atomic mass is 9.88. The summed E-state index contributed by atoms with van der Waals surface area (Å²) in [4.78, 5) is 4.36. The van der Waals surface area contributed by atoms with Crippen LogP contribution in [0.3, 0.4) is 0 Å². The molecule has 98 valence electrons. The summed E-state index contributed by atoms with van der Waals surface area (Å²) in [5.74, 6) is 3.69. The molecule has 0 aromatic carbocycles. The van der Waals surface area contributed by atoms with Gasteiger partial charge in [0.25, 0.3) is 0 Å². The maximum atomic E-state index is 5.63. The summed E-state index contributed by atoms with van der Waals surface area (Å²) in [6.07, 6.45) is 5.05. The first kappa shape index (κ1) is 14.5. The molecule has 17 heavy (non-hydrogen) atoms. The average Bonchev–Trinajstić information content (AvgIpc) is 2.72. The van der Waals surface area contributed by atoms with Gasteiger partial charge in [0.15, 0.2) is 5.82 Å². The van der Waals surface area contributed by atoms with Crippen molar-refractivity contribution in [3.63, 3.8) is 0 Å². The Bertz CT molecular complexity index is 314. The molecular weight excluding hydrogens is 234 g/mol. The zero-order valence-electron chi connectivity index (χ0n) is 11.0. The van der Waals surface area contributed by atoms with Crippen molar-refractivity contribution in [2.75, 3.05) is 12.8 Å². The van der Waals surface area contributed by atoms with Gasteiger partial charge in [0.1, 0.15) is 0 Å². The quantitative estimate of drug-likeness (QED) is 0.775. The van der Waals surface area contributed by atoms with Crippen molar-refractivity contribution in [3.05, 3.63) is 11.7 Å². The van der Waals surface area contributed by atoms with Crippen molar-refractivity contribution in [1.82, 2.24) is 10.1 Å². The first-order valence-electron chi connectivity index (χ1n) is 6.17. The third-order valence-electron chi connectivity index (χ3n) is 2.99. The normalized spacial score (nSPS) is 13.2. The van der Waals surface area contributed by atoms with Crippen LogP contribution >= 0.6 is 11.8 Å². The molecule has 0 radical (unpaired) electrons. The van der Waals surface area contributed by atoms with Crippen molar-refractivity contribution in [2.45, 2.75) is 38.9 Å². The topological polar surface area (TPSA) is 64.9 Å². The highest BCUT2D eigenvalue weighted by Gasteiger charge is 2.14. The zero-order chi connectivity index (χ0) is 12.7. The monoisotopic (exact) mass is 257 g/mol. The summed E-state index contributed by atoms with van der Waals surface area (Å²) in [5, 5.41) is 3.94. The van der Waals surface area contributed by atoms with Crippen molar-refractivity contribution >= 4 is 11.8 Å². The number of thioether (sulfide) groups is 1. The van der Waals surface area contributed by atoms with Crippen LogP contribution in [0.1, 0.15) is 38.4 Å².